The van der Waals surface area contributed by atoms with Crippen LogP contribution >= 0.6 is 22.9 Å². The van der Waals surface area contributed by atoms with E-state index in [2.05, 4.69) is 20.7 Å². The van der Waals surface area contributed by atoms with Crippen molar-refractivity contribution in [3.63, 3.8) is 0 Å². The number of nitrogen functional groups attached to an aromatic ring is 1. The molecule has 9 heteroatoms. The Morgan fingerprint density at radius 2 is 2.24 bits per heavy atom. The molecule has 0 aliphatic carbocycles. The molecule has 0 spiro atoms. The zero-order chi connectivity index (χ0) is 17.8. The van der Waals surface area contributed by atoms with Crippen molar-refractivity contribution in [1.29, 1.82) is 0 Å². The van der Waals surface area contributed by atoms with Crippen LogP contribution in [0.1, 0.15) is 16.3 Å². The lowest BCUT2D eigenvalue weighted by atomic mass is 10.1. The summed E-state index contributed by atoms with van der Waals surface area (Å²) in [7, 11) is 0. The molecule has 1 amide bonds. The topological polar surface area (TPSA) is 106 Å². The molecule has 2 aromatic heterocycles. The van der Waals surface area contributed by atoms with Crippen LogP contribution < -0.4 is 11.2 Å². The summed E-state index contributed by atoms with van der Waals surface area (Å²) in [5.74, 6) is 0.857. The first-order valence-electron chi connectivity index (χ1n) is 7.27. The predicted molar refractivity (Wildman–Crippen MR) is 97.7 cm³/mol. The minimum atomic E-state index is -0.315. The highest BCUT2D eigenvalue weighted by Gasteiger charge is 2.08. The van der Waals surface area contributed by atoms with Gasteiger partial charge in [0.05, 0.1) is 12.6 Å². The number of aryl methyl sites for hydroxylation is 1. The van der Waals surface area contributed by atoms with Crippen molar-refractivity contribution in [2.24, 2.45) is 5.10 Å². The molecule has 0 radical (unpaired) electrons. The smallest absolute Gasteiger partial charge is 0.247 e. The lowest BCUT2D eigenvalue weighted by molar-refractivity contribution is -0.120. The van der Waals surface area contributed by atoms with E-state index in [4.69, 9.17) is 21.8 Å². The number of hydrogen-bond donors (Lipinski definition) is 2. The van der Waals surface area contributed by atoms with E-state index in [1.165, 1.54) is 6.21 Å². The number of hydrazone groups is 1. The molecule has 25 heavy (non-hydrogen) atoms. The third-order valence-electron chi connectivity index (χ3n) is 3.26. The first-order valence-corrected chi connectivity index (χ1v) is 8.47. The van der Waals surface area contributed by atoms with Crippen molar-refractivity contribution in [1.82, 2.24) is 15.6 Å². The summed E-state index contributed by atoms with van der Waals surface area (Å²) in [6, 6.07) is 9.26. The summed E-state index contributed by atoms with van der Waals surface area (Å²) >= 11 is 7.29. The number of furan rings is 1. The number of anilines is 1. The average Bonchev–Trinajstić information content (AvgIpc) is 3.19. The van der Waals surface area contributed by atoms with Gasteiger partial charge in [-0.25, -0.2) is 5.43 Å². The molecular weight excluding hydrogens is 362 g/mol. The van der Waals surface area contributed by atoms with Gasteiger partial charge in [0.15, 0.2) is 0 Å². The normalized spacial score (nSPS) is 11.1. The molecule has 2 heterocycles. The third-order valence-corrected chi connectivity index (χ3v) is 4.42. The fraction of sp³-hybridized carbons (Fsp3) is 0.125. The second-order valence-electron chi connectivity index (χ2n) is 5.17. The van der Waals surface area contributed by atoms with Crippen molar-refractivity contribution in [3.8, 4) is 11.3 Å². The first kappa shape index (κ1) is 17.1. The molecule has 0 atom stereocenters. The summed E-state index contributed by atoms with van der Waals surface area (Å²) < 4.78 is 5.67. The highest BCUT2D eigenvalue weighted by molar-refractivity contribution is 7.15. The molecule has 1 aromatic carbocycles. The van der Waals surface area contributed by atoms with Crippen LogP contribution in [-0.2, 0) is 11.2 Å². The van der Waals surface area contributed by atoms with Gasteiger partial charge in [0.2, 0.25) is 11.0 Å². The molecule has 0 saturated carbocycles. The number of nitrogens with zero attached hydrogens (tertiary/aromatic N) is 3. The van der Waals surface area contributed by atoms with Gasteiger partial charge >= 0.3 is 0 Å². The summed E-state index contributed by atoms with van der Waals surface area (Å²) in [6.07, 6.45) is 1.49. The maximum Gasteiger partial charge on any atom is 0.247 e. The number of nitrogens with one attached hydrogen (secondary N) is 1. The number of nitrogens with two attached hydrogens (primary N) is 1. The van der Waals surface area contributed by atoms with E-state index in [1.54, 1.807) is 6.07 Å². The molecule has 128 valence electrons. The molecule has 7 nitrogen and oxygen atoms in total. The Morgan fingerprint density at radius 3 is 2.96 bits per heavy atom. The number of amides is 1. The van der Waals surface area contributed by atoms with Crippen LogP contribution in [0.4, 0.5) is 5.13 Å². The van der Waals surface area contributed by atoms with E-state index in [0.29, 0.717) is 26.7 Å². The second kappa shape index (κ2) is 7.45. The summed E-state index contributed by atoms with van der Waals surface area (Å²) in [4.78, 5) is 11.7. The molecule has 3 aromatic rings. The van der Waals surface area contributed by atoms with Crippen LogP contribution in [0.3, 0.4) is 0 Å². The fourth-order valence-corrected chi connectivity index (χ4v) is 2.79. The van der Waals surface area contributed by atoms with E-state index >= 15 is 0 Å². The van der Waals surface area contributed by atoms with Gasteiger partial charge < -0.3 is 10.2 Å². The van der Waals surface area contributed by atoms with E-state index in [9.17, 15) is 4.79 Å². The number of halogens is 1. The quantitative estimate of drug-likeness (QED) is 0.526. The van der Waals surface area contributed by atoms with Gasteiger partial charge in [0.1, 0.15) is 16.5 Å². The number of carbonyl (C=O) groups is 1. The minimum absolute atomic E-state index is 0.0669. The lowest BCUT2D eigenvalue weighted by Crippen LogP contribution is -2.19. The highest BCUT2D eigenvalue weighted by atomic mass is 35.5. The second-order valence-corrected chi connectivity index (χ2v) is 6.67. The summed E-state index contributed by atoms with van der Waals surface area (Å²) in [5, 5.41) is 12.8. The molecule has 0 unspecified atom stereocenters. The third kappa shape index (κ3) is 4.43. The van der Waals surface area contributed by atoms with Crippen LogP contribution in [0, 0.1) is 6.92 Å². The van der Waals surface area contributed by atoms with E-state index in [-0.39, 0.29) is 12.3 Å². The van der Waals surface area contributed by atoms with Crippen LogP contribution in [0.2, 0.25) is 5.02 Å². The van der Waals surface area contributed by atoms with Crippen LogP contribution in [0.15, 0.2) is 39.9 Å². The lowest BCUT2D eigenvalue weighted by Gasteiger charge is -2.00. The van der Waals surface area contributed by atoms with Crippen molar-refractivity contribution in [3.05, 3.63) is 51.7 Å². The summed E-state index contributed by atoms with van der Waals surface area (Å²) in [6.45, 7) is 1.94. The highest BCUT2D eigenvalue weighted by Crippen LogP contribution is 2.26. The van der Waals surface area contributed by atoms with Crippen LogP contribution in [0.5, 0.6) is 0 Å². The number of rotatable bonds is 5. The molecular formula is C16H14ClN5O2S. The standard InChI is InChI=1S/C16H14ClN5O2S/c1-9-2-3-10(6-12(9)17)13-5-4-11(24-13)8-19-20-14(23)7-15-21-22-16(18)25-15/h2-6,8H,7H2,1H3,(H2,18,22)(H,20,23)/b19-8-. The van der Waals surface area contributed by atoms with Gasteiger partial charge in [0, 0.05) is 10.6 Å². The SMILES string of the molecule is Cc1ccc(-c2ccc(/C=N\NC(=O)Cc3nnc(N)s3)o2)cc1Cl. The van der Waals surface area contributed by atoms with Gasteiger partial charge in [-0.1, -0.05) is 35.1 Å². The zero-order valence-electron chi connectivity index (χ0n) is 13.2. The van der Waals surface area contributed by atoms with Gasteiger partial charge in [-0.3, -0.25) is 4.79 Å². The molecule has 0 saturated heterocycles. The monoisotopic (exact) mass is 375 g/mol. The number of benzene rings is 1. The largest absolute Gasteiger partial charge is 0.455 e. The molecule has 0 aliphatic rings. The molecule has 0 aliphatic heterocycles. The van der Waals surface area contributed by atoms with E-state index < -0.39 is 0 Å². The van der Waals surface area contributed by atoms with Crippen molar-refractivity contribution < 1.29 is 9.21 Å². The van der Waals surface area contributed by atoms with Crippen molar-refractivity contribution in [2.75, 3.05) is 5.73 Å². The Bertz CT molecular complexity index is 934. The van der Waals surface area contributed by atoms with E-state index in [0.717, 1.165) is 22.5 Å². The van der Waals surface area contributed by atoms with Crippen molar-refractivity contribution >= 4 is 40.2 Å². The first-order chi connectivity index (χ1) is 12.0. The minimum Gasteiger partial charge on any atom is -0.455 e. The number of carbonyl (C=O) groups excluding carboxylic acids is 1. The zero-order valence-corrected chi connectivity index (χ0v) is 14.8. The number of aromatic nitrogens is 2. The Balaban J connectivity index is 1.59. The van der Waals surface area contributed by atoms with Crippen LogP contribution in [-0.4, -0.2) is 22.3 Å². The Morgan fingerprint density at radius 1 is 1.40 bits per heavy atom. The number of hydrogen-bond acceptors (Lipinski definition) is 7. The molecule has 3 rings (SSSR count). The molecule has 0 fully saturated rings. The van der Waals surface area contributed by atoms with Crippen LogP contribution in [0.25, 0.3) is 11.3 Å². The van der Waals surface area contributed by atoms with Gasteiger partial charge in [-0.05, 0) is 30.7 Å². The Labute approximate surface area is 152 Å². The maximum atomic E-state index is 11.7. The van der Waals surface area contributed by atoms with Crippen molar-refractivity contribution in [2.45, 2.75) is 13.3 Å². The average molecular weight is 376 g/mol. The van der Waals surface area contributed by atoms with Gasteiger partial charge in [0.25, 0.3) is 0 Å². The van der Waals surface area contributed by atoms with Gasteiger partial charge in [-0.2, -0.15) is 5.10 Å². The maximum absolute atomic E-state index is 11.7. The fourth-order valence-electron chi connectivity index (χ4n) is 2.01. The molecule has 0 bridgehead atoms. The predicted octanol–water partition coefficient (Wildman–Crippen LogP) is 3.03. The Kier molecular flexibility index (Phi) is 5.11. The van der Waals surface area contributed by atoms with E-state index in [1.807, 2.05) is 31.2 Å². The Hall–Kier alpha value is -2.71. The summed E-state index contributed by atoms with van der Waals surface area (Å²) in [5.41, 5.74) is 9.73. The van der Waals surface area contributed by atoms with Gasteiger partial charge in [-0.15, -0.1) is 10.2 Å². The molecule has 3 N–H and O–H groups in total.